The molecule has 3 aromatic rings. The number of halogens is 1. The number of aliphatic carboxylic acids is 1. The number of aromatic nitrogens is 1. The molecule has 0 fully saturated rings. The second kappa shape index (κ2) is 10.4. The molecule has 0 bridgehead atoms. The lowest BCUT2D eigenvalue weighted by Crippen LogP contribution is -2.53. The van der Waals surface area contributed by atoms with Crippen LogP contribution in [0.2, 0.25) is 0 Å². The molecule has 0 aliphatic carbocycles. The van der Waals surface area contributed by atoms with Gasteiger partial charge in [-0.2, -0.15) is 0 Å². The van der Waals surface area contributed by atoms with Gasteiger partial charge in [0.1, 0.15) is 12.1 Å². The van der Waals surface area contributed by atoms with Crippen LogP contribution in [0.3, 0.4) is 0 Å². The summed E-state index contributed by atoms with van der Waals surface area (Å²) < 4.78 is 0.862. The maximum Gasteiger partial charge on any atom is 0.356 e. The van der Waals surface area contributed by atoms with Crippen LogP contribution >= 0.6 is 15.9 Å². The van der Waals surface area contributed by atoms with Crippen molar-refractivity contribution in [2.75, 3.05) is 0 Å². The van der Waals surface area contributed by atoms with Crippen molar-refractivity contribution < 1.29 is 24.3 Å². The first-order valence-corrected chi connectivity index (χ1v) is 10.9. The third kappa shape index (κ3) is 5.54. The molecule has 8 nitrogen and oxygen atoms in total. The predicted molar refractivity (Wildman–Crippen MR) is 123 cm³/mol. The Bertz CT molecular complexity index is 1110. The van der Waals surface area contributed by atoms with Crippen LogP contribution in [0.5, 0.6) is 0 Å². The van der Waals surface area contributed by atoms with Gasteiger partial charge in [0.25, 0.3) is 0 Å². The average molecular weight is 502 g/mol. The monoisotopic (exact) mass is 501 g/mol. The van der Waals surface area contributed by atoms with Crippen LogP contribution < -0.4 is 10.8 Å². The topological polar surface area (TPSA) is 121 Å². The fourth-order valence-electron chi connectivity index (χ4n) is 3.27. The van der Waals surface area contributed by atoms with Crippen molar-refractivity contribution in [1.82, 2.24) is 15.8 Å². The number of carbonyl (C=O) groups is 3. The largest absolute Gasteiger partial charge is 0.480 e. The van der Waals surface area contributed by atoms with Crippen molar-refractivity contribution in [1.29, 1.82) is 0 Å². The molecular formula is C23H24BrN3O5. The Morgan fingerprint density at radius 3 is 2.47 bits per heavy atom. The number of H-pyrrole nitrogens is 1. The van der Waals surface area contributed by atoms with E-state index >= 15 is 0 Å². The number of aromatic amines is 1. The number of fused-ring (bicyclic) bond motifs is 1. The van der Waals surface area contributed by atoms with Crippen molar-refractivity contribution in [3.8, 4) is 0 Å². The Hall–Kier alpha value is -3.17. The van der Waals surface area contributed by atoms with Gasteiger partial charge in [0.05, 0.1) is 11.1 Å². The molecule has 1 amide bonds. The van der Waals surface area contributed by atoms with Crippen LogP contribution in [-0.2, 0) is 20.8 Å². The van der Waals surface area contributed by atoms with E-state index < -0.39 is 29.9 Å². The molecule has 2 aromatic carbocycles. The number of amides is 1. The number of nitrogens with one attached hydrogen (secondary N) is 3. The lowest BCUT2D eigenvalue weighted by Gasteiger charge is -2.23. The number of hydroxylamine groups is 1. The minimum Gasteiger partial charge on any atom is -0.480 e. The van der Waals surface area contributed by atoms with E-state index in [4.69, 9.17) is 4.84 Å². The second-order valence-electron chi connectivity index (χ2n) is 7.67. The van der Waals surface area contributed by atoms with E-state index in [0.29, 0.717) is 5.56 Å². The number of rotatable bonds is 9. The van der Waals surface area contributed by atoms with Crippen molar-refractivity contribution in [2.24, 2.45) is 5.92 Å². The summed E-state index contributed by atoms with van der Waals surface area (Å²) in [5.41, 5.74) is 4.44. The van der Waals surface area contributed by atoms with E-state index in [-0.39, 0.29) is 12.3 Å². The van der Waals surface area contributed by atoms with Gasteiger partial charge in [0, 0.05) is 22.5 Å². The molecule has 1 aromatic heterocycles. The van der Waals surface area contributed by atoms with Crippen molar-refractivity contribution in [3.63, 3.8) is 0 Å². The predicted octanol–water partition coefficient (Wildman–Crippen LogP) is 3.43. The summed E-state index contributed by atoms with van der Waals surface area (Å²) in [5.74, 6) is -2.64. The summed E-state index contributed by atoms with van der Waals surface area (Å²) in [6, 6.07) is 11.9. The standard InChI is InChI=1S/C23H24BrN3O5/c1-13(2)19(27-32-23(31)14-7-4-3-5-8-14)21(28)26-18(22(29)30)11-15-12-25-20-16(15)9-6-10-17(20)24/h3-10,12-13,18-19,25,27H,11H2,1-2H3,(H,26,28)(H,29,30)/t18?,19-/m0/s1. The van der Waals surface area contributed by atoms with E-state index in [1.807, 2.05) is 18.2 Å². The van der Waals surface area contributed by atoms with E-state index in [0.717, 1.165) is 20.9 Å². The van der Waals surface area contributed by atoms with Gasteiger partial charge < -0.3 is 20.2 Å². The maximum absolute atomic E-state index is 12.9. The number of carboxylic acid groups (broad SMARTS) is 1. The van der Waals surface area contributed by atoms with Gasteiger partial charge >= 0.3 is 11.9 Å². The van der Waals surface area contributed by atoms with E-state index in [9.17, 15) is 19.5 Å². The smallest absolute Gasteiger partial charge is 0.356 e. The number of hydrogen-bond donors (Lipinski definition) is 4. The minimum atomic E-state index is -1.16. The summed E-state index contributed by atoms with van der Waals surface area (Å²) in [4.78, 5) is 45.1. The Kier molecular flexibility index (Phi) is 7.66. The molecule has 0 saturated carbocycles. The summed E-state index contributed by atoms with van der Waals surface area (Å²) in [7, 11) is 0. The highest BCUT2D eigenvalue weighted by Gasteiger charge is 2.29. The van der Waals surface area contributed by atoms with Gasteiger partial charge in [0.15, 0.2) is 0 Å². The molecule has 4 N–H and O–H groups in total. The van der Waals surface area contributed by atoms with Gasteiger partial charge in [-0.15, -0.1) is 5.48 Å². The summed E-state index contributed by atoms with van der Waals surface area (Å²) in [5, 5.41) is 13.1. The zero-order valence-electron chi connectivity index (χ0n) is 17.6. The molecule has 0 aliphatic heterocycles. The SMILES string of the molecule is CC(C)[C@H](NOC(=O)c1ccccc1)C(=O)NC(Cc1c[nH]c2c(Br)cccc12)C(=O)O. The van der Waals surface area contributed by atoms with Crippen molar-refractivity contribution >= 4 is 44.7 Å². The average Bonchev–Trinajstić information content (AvgIpc) is 3.17. The molecule has 168 valence electrons. The molecular weight excluding hydrogens is 478 g/mol. The Morgan fingerprint density at radius 2 is 1.81 bits per heavy atom. The molecule has 32 heavy (non-hydrogen) atoms. The molecule has 1 heterocycles. The van der Waals surface area contributed by atoms with Crippen molar-refractivity contribution in [2.45, 2.75) is 32.4 Å². The van der Waals surface area contributed by atoms with Crippen LogP contribution in [0.25, 0.3) is 10.9 Å². The zero-order chi connectivity index (χ0) is 23.3. The number of hydrogen-bond acceptors (Lipinski definition) is 5. The van der Waals surface area contributed by atoms with Gasteiger partial charge in [-0.25, -0.2) is 9.59 Å². The number of benzene rings is 2. The molecule has 0 spiro atoms. The first kappa shape index (κ1) is 23.5. The third-order valence-corrected chi connectivity index (χ3v) is 5.69. The Labute approximate surface area is 193 Å². The zero-order valence-corrected chi connectivity index (χ0v) is 19.2. The highest BCUT2D eigenvalue weighted by atomic mass is 79.9. The van der Waals surface area contributed by atoms with Gasteiger partial charge in [-0.1, -0.05) is 44.2 Å². The number of carbonyl (C=O) groups excluding carboxylic acids is 2. The van der Waals surface area contributed by atoms with Crippen LogP contribution in [0.4, 0.5) is 0 Å². The summed E-state index contributed by atoms with van der Waals surface area (Å²) >= 11 is 3.46. The van der Waals surface area contributed by atoms with Crippen LogP contribution in [-0.4, -0.2) is 40.0 Å². The molecule has 1 unspecified atom stereocenters. The lowest BCUT2D eigenvalue weighted by atomic mass is 10.0. The number of para-hydroxylation sites is 1. The quantitative estimate of drug-likeness (QED) is 0.333. The summed E-state index contributed by atoms with van der Waals surface area (Å²) in [6.07, 6.45) is 1.82. The normalized spacial score (nSPS) is 13.0. The van der Waals surface area contributed by atoms with Gasteiger partial charge in [0.2, 0.25) is 5.91 Å². The van der Waals surface area contributed by atoms with Crippen LogP contribution in [0, 0.1) is 5.92 Å². The number of carboxylic acids is 1. The summed E-state index contributed by atoms with van der Waals surface area (Å²) in [6.45, 7) is 3.53. The molecule has 2 atom stereocenters. The molecule has 9 heteroatoms. The van der Waals surface area contributed by atoms with Crippen molar-refractivity contribution in [3.05, 3.63) is 70.3 Å². The first-order valence-electron chi connectivity index (χ1n) is 10.1. The van der Waals surface area contributed by atoms with Crippen LogP contribution in [0.15, 0.2) is 59.2 Å². The highest BCUT2D eigenvalue weighted by Crippen LogP contribution is 2.26. The fourth-order valence-corrected chi connectivity index (χ4v) is 3.75. The minimum absolute atomic E-state index is 0.0894. The molecule has 0 radical (unpaired) electrons. The van der Waals surface area contributed by atoms with Gasteiger partial charge in [-0.05, 0) is 45.6 Å². The Morgan fingerprint density at radius 1 is 1.09 bits per heavy atom. The van der Waals surface area contributed by atoms with E-state index in [1.165, 1.54) is 0 Å². The molecule has 3 rings (SSSR count). The highest BCUT2D eigenvalue weighted by molar-refractivity contribution is 9.10. The maximum atomic E-state index is 12.9. The van der Waals surface area contributed by atoms with E-state index in [2.05, 4.69) is 31.7 Å². The first-order chi connectivity index (χ1) is 15.3. The fraction of sp³-hybridized carbons (Fsp3) is 0.261. The van der Waals surface area contributed by atoms with E-state index in [1.54, 1.807) is 50.4 Å². The third-order valence-electron chi connectivity index (χ3n) is 5.03. The Balaban J connectivity index is 1.69. The second-order valence-corrected chi connectivity index (χ2v) is 8.53. The van der Waals surface area contributed by atoms with Crippen LogP contribution in [0.1, 0.15) is 29.8 Å². The lowest BCUT2D eigenvalue weighted by molar-refractivity contribution is -0.143. The molecule has 0 saturated heterocycles. The van der Waals surface area contributed by atoms with Gasteiger partial charge in [-0.3, -0.25) is 4.79 Å². The molecule has 0 aliphatic rings.